The van der Waals surface area contributed by atoms with Gasteiger partial charge in [0.2, 0.25) is 0 Å². The molecule has 0 spiro atoms. The Balaban J connectivity index is 2.84. The third kappa shape index (κ3) is 0.894. The summed E-state index contributed by atoms with van der Waals surface area (Å²) >= 11 is 1.33. The minimum Gasteiger partial charge on any atom is -0.473 e. The van der Waals surface area contributed by atoms with Gasteiger partial charge >= 0.3 is 0 Å². The van der Waals surface area contributed by atoms with Crippen molar-refractivity contribution in [2.24, 2.45) is 0 Å². The van der Waals surface area contributed by atoms with Crippen molar-refractivity contribution < 1.29 is 4.74 Å². The molecule has 0 aliphatic rings. The quantitative estimate of drug-likeness (QED) is 0.609. The SMILES string of the molecule is COc1ncc(N)s1. The molecule has 0 atom stereocenters. The van der Waals surface area contributed by atoms with Gasteiger partial charge in [0, 0.05) is 0 Å². The van der Waals surface area contributed by atoms with Crippen LogP contribution in [0, 0.1) is 0 Å². The second-order valence-corrected chi connectivity index (χ2v) is 2.26. The Morgan fingerprint density at radius 2 is 2.62 bits per heavy atom. The highest BCUT2D eigenvalue weighted by Gasteiger charge is 1.93. The van der Waals surface area contributed by atoms with Gasteiger partial charge < -0.3 is 10.5 Å². The van der Waals surface area contributed by atoms with Gasteiger partial charge in [0.15, 0.2) is 0 Å². The minimum atomic E-state index is 0.613. The van der Waals surface area contributed by atoms with Gasteiger partial charge in [-0.2, -0.15) is 0 Å². The maximum atomic E-state index is 5.33. The van der Waals surface area contributed by atoms with Crippen LogP contribution in [0.3, 0.4) is 0 Å². The molecular formula is C4H6N2OS. The predicted molar refractivity (Wildman–Crippen MR) is 33.1 cm³/mol. The number of methoxy groups -OCH3 is 1. The summed E-state index contributed by atoms with van der Waals surface area (Å²) < 4.78 is 4.76. The molecule has 3 nitrogen and oxygen atoms in total. The van der Waals surface area contributed by atoms with Crippen LogP contribution in [-0.2, 0) is 0 Å². The Bertz CT molecular complexity index is 174. The van der Waals surface area contributed by atoms with Crippen molar-refractivity contribution in [3.8, 4) is 5.19 Å². The first-order valence-electron chi connectivity index (χ1n) is 2.08. The highest BCUT2D eigenvalue weighted by molar-refractivity contribution is 7.17. The van der Waals surface area contributed by atoms with Gasteiger partial charge in [-0.15, -0.1) is 0 Å². The van der Waals surface area contributed by atoms with E-state index in [2.05, 4.69) is 4.98 Å². The Hall–Kier alpha value is -0.770. The first kappa shape index (κ1) is 5.37. The molecular weight excluding hydrogens is 124 g/mol. The molecule has 0 amide bonds. The maximum absolute atomic E-state index is 5.33. The Labute approximate surface area is 51.1 Å². The lowest BCUT2D eigenvalue weighted by atomic mass is 10.9. The van der Waals surface area contributed by atoms with Crippen LogP contribution in [0.2, 0.25) is 0 Å². The molecule has 0 fully saturated rings. The van der Waals surface area contributed by atoms with E-state index >= 15 is 0 Å². The van der Waals surface area contributed by atoms with Gasteiger partial charge in [0.1, 0.15) is 5.00 Å². The van der Waals surface area contributed by atoms with E-state index in [0.717, 1.165) is 0 Å². The van der Waals surface area contributed by atoms with Gasteiger partial charge in [-0.3, -0.25) is 0 Å². The number of hydrogen-bond donors (Lipinski definition) is 1. The Morgan fingerprint density at radius 3 is 2.88 bits per heavy atom. The lowest BCUT2D eigenvalue weighted by Crippen LogP contribution is -1.76. The fourth-order valence-corrected chi connectivity index (χ4v) is 0.860. The number of thiazole rings is 1. The van der Waals surface area contributed by atoms with Crippen molar-refractivity contribution in [2.45, 2.75) is 0 Å². The highest BCUT2D eigenvalue weighted by Crippen LogP contribution is 2.20. The van der Waals surface area contributed by atoms with E-state index in [1.54, 1.807) is 13.3 Å². The Morgan fingerprint density at radius 1 is 1.88 bits per heavy atom. The maximum Gasteiger partial charge on any atom is 0.274 e. The number of nitrogens with zero attached hydrogens (tertiary/aromatic N) is 1. The fraction of sp³-hybridized carbons (Fsp3) is 0.250. The number of anilines is 1. The lowest BCUT2D eigenvalue weighted by molar-refractivity contribution is 0.412. The second kappa shape index (κ2) is 2.00. The monoisotopic (exact) mass is 130 g/mol. The van der Waals surface area contributed by atoms with Gasteiger partial charge in [0.05, 0.1) is 13.3 Å². The molecule has 0 aromatic carbocycles. The molecule has 0 unspecified atom stereocenters. The Kier molecular flexibility index (Phi) is 1.34. The van der Waals surface area contributed by atoms with Crippen molar-refractivity contribution in [3.63, 3.8) is 0 Å². The number of nitrogens with two attached hydrogens (primary N) is 1. The van der Waals surface area contributed by atoms with Crippen molar-refractivity contribution in [1.29, 1.82) is 0 Å². The van der Waals surface area contributed by atoms with Gasteiger partial charge in [-0.25, -0.2) is 4.98 Å². The van der Waals surface area contributed by atoms with E-state index in [4.69, 9.17) is 10.5 Å². The molecule has 4 heteroatoms. The summed E-state index contributed by atoms with van der Waals surface area (Å²) in [5, 5.41) is 1.30. The molecule has 0 aliphatic heterocycles. The molecule has 44 valence electrons. The summed E-state index contributed by atoms with van der Waals surface area (Å²) in [4.78, 5) is 3.81. The molecule has 1 aromatic rings. The largest absolute Gasteiger partial charge is 0.473 e. The predicted octanol–water partition coefficient (Wildman–Crippen LogP) is 0.734. The topological polar surface area (TPSA) is 48.1 Å². The molecule has 0 radical (unpaired) electrons. The van der Waals surface area contributed by atoms with Crippen LogP contribution < -0.4 is 10.5 Å². The first-order valence-corrected chi connectivity index (χ1v) is 2.90. The van der Waals surface area contributed by atoms with Gasteiger partial charge in [0.25, 0.3) is 5.19 Å². The van der Waals surface area contributed by atoms with Crippen molar-refractivity contribution in [2.75, 3.05) is 12.8 Å². The van der Waals surface area contributed by atoms with E-state index in [1.807, 2.05) is 0 Å². The summed E-state index contributed by atoms with van der Waals surface area (Å²) in [6.07, 6.45) is 1.57. The van der Waals surface area contributed by atoms with E-state index in [0.29, 0.717) is 10.2 Å². The molecule has 0 saturated heterocycles. The summed E-state index contributed by atoms with van der Waals surface area (Å²) in [5.41, 5.74) is 5.33. The van der Waals surface area contributed by atoms with Crippen LogP contribution in [0.4, 0.5) is 5.00 Å². The van der Waals surface area contributed by atoms with Gasteiger partial charge in [-0.05, 0) is 0 Å². The van der Waals surface area contributed by atoms with E-state index < -0.39 is 0 Å². The zero-order valence-electron chi connectivity index (χ0n) is 4.42. The van der Waals surface area contributed by atoms with Crippen LogP contribution in [-0.4, -0.2) is 12.1 Å². The molecule has 0 bridgehead atoms. The van der Waals surface area contributed by atoms with Gasteiger partial charge in [-0.1, -0.05) is 11.3 Å². The van der Waals surface area contributed by atoms with Crippen molar-refractivity contribution in [1.82, 2.24) is 4.98 Å². The van der Waals surface area contributed by atoms with Crippen LogP contribution in [0.1, 0.15) is 0 Å². The number of rotatable bonds is 1. The highest BCUT2D eigenvalue weighted by atomic mass is 32.1. The zero-order chi connectivity index (χ0) is 5.98. The lowest BCUT2D eigenvalue weighted by Gasteiger charge is -1.84. The second-order valence-electron chi connectivity index (χ2n) is 1.23. The number of nitrogen functional groups attached to an aromatic ring is 1. The third-order valence-corrected chi connectivity index (χ3v) is 1.46. The summed E-state index contributed by atoms with van der Waals surface area (Å²) in [5.74, 6) is 0. The smallest absolute Gasteiger partial charge is 0.274 e. The van der Waals surface area contributed by atoms with E-state index in [-0.39, 0.29) is 0 Å². The molecule has 8 heavy (non-hydrogen) atoms. The summed E-state index contributed by atoms with van der Waals surface area (Å²) in [6, 6.07) is 0. The molecule has 0 saturated carbocycles. The number of ether oxygens (including phenoxy) is 1. The molecule has 1 aromatic heterocycles. The molecule has 1 rings (SSSR count). The standard InChI is InChI=1S/C4H6N2OS/c1-7-4-6-2-3(5)8-4/h2H,5H2,1H3. The van der Waals surface area contributed by atoms with Crippen LogP contribution in [0.25, 0.3) is 0 Å². The fourth-order valence-electron chi connectivity index (χ4n) is 0.364. The van der Waals surface area contributed by atoms with Crippen LogP contribution in [0.15, 0.2) is 6.20 Å². The minimum absolute atomic E-state index is 0.613. The molecule has 0 aliphatic carbocycles. The van der Waals surface area contributed by atoms with Crippen molar-refractivity contribution >= 4 is 16.3 Å². The first-order chi connectivity index (χ1) is 3.83. The normalized spacial score (nSPS) is 9.12. The third-order valence-electron chi connectivity index (χ3n) is 0.677. The number of hydrogen-bond acceptors (Lipinski definition) is 4. The average Bonchev–Trinajstić information content (AvgIpc) is 2.14. The van der Waals surface area contributed by atoms with E-state index in [9.17, 15) is 0 Å². The molecule has 1 heterocycles. The summed E-state index contributed by atoms with van der Waals surface area (Å²) in [6.45, 7) is 0. The number of aromatic nitrogens is 1. The van der Waals surface area contributed by atoms with E-state index in [1.165, 1.54) is 11.3 Å². The van der Waals surface area contributed by atoms with Crippen LogP contribution in [0.5, 0.6) is 5.19 Å². The summed E-state index contributed by atoms with van der Waals surface area (Å²) in [7, 11) is 1.57. The van der Waals surface area contributed by atoms with Crippen LogP contribution >= 0.6 is 11.3 Å². The zero-order valence-corrected chi connectivity index (χ0v) is 5.23. The average molecular weight is 130 g/mol. The molecule has 2 N–H and O–H groups in total. The van der Waals surface area contributed by atoms with Crippen molar-refractivity contribution in [3.05, 3.63) is 6.20 Å².